The van der Waals surface area contributed by atoms with Gasteiger partial charge in [-0.15, -0.1) is 10.2 Å². The van der Waals surface area contributed by atoms with Gasteiger partial charge in [0.2, 0.25) is 5.95 Å². The number of hydrogen-bond acceptors (Lipinski definition) is 4. The first kappa shape index (κ1) is 8.84. The quantitative estimate of drug-likeness (QED) is 0.660. The maximum Gasteiger partial charge on any atom is 0.256 e. The van der Waals surface area contributed by atoms with E-state index in [2.05, 4.69) is 15.2 Å². The van der Waals surface area contributed by atoms with Crippen molar-refractivity contribution in [2.75, 3.05) is 5.73 Å². The topological polar surface area (TPSA) is 69.1 Å². The Balaban J connectivity index is 2.22. The third kappa shape index (κ3) is 1.30. The number of fused-ring (bicyclic) bond motifs is 1. The van der Waals surface area contributed by atoms with E-state index in [0.29, 0.717) is 11.7 Å². The van der Waals surface area contributed by atoms with E-state index in [1.165, 1.54) is 0 Å². The molecule has 2 N–H and O–H groups in total. The zero-order chi connectivity index (χ0) is 11.0. The van der Waals surface area contributed by atoms with Gasteiger partial charge in [0.15, 0.2) is 0 Å². The molecular weight excluding hydrogens is 202 g/mol. The molecule has 0 atom stereocenters. The van der Waals surface area contributed by atoms with Gasteiger partial charge in [-0.3, -0.25) is 4.40 Å². The van der Waals surface area contributed by atoms with E-state index >= 15 is 0 Å². The lowest BCUT2D eigenvalue weighted by Gasteiger charge is -2.01. The van der Waals surface area contributed by atoms with E-state index in [1.807, 2.05) is 36.5 Å². The van der Waals surface area contributed by atoms with Crippen molar-refractivity contribution >= 4 is 11.7 Å². The van der Waals surface area contributed by atoms with Crippen LogP contribution in [0, 0.1) is 0 Å². The summed E-state index contributed by atoms with van der Waals surface area (Å²) in [6.45, 7) is 0. The Bertz CT molecular complexity index is 629. The number of nitrogens with zero attached hydrogens (tertiary/aromatic N) is 4. The Morgan fingerprint density at radius 2 is 1.81 bits per heavy atom. The van der Waals surface area contributed by atoms with Gasteiger partial charge in [0, 0.05) is 18.0 Å². The van der Waals surface area contributed by atoms with Gasteiger partial charge in [0.1, 0.15) is 0 Å². The highest BCUT2D eigenvalue weighted by Crippen LogP contribution is 2.18. The molecule has 0 unspecified atom stereocenters. The fourth-order valence-electron chi connectivity index (χ4n) is 1.59. The Hall–Kier alpha value is -2.43. The number of anilines is 1. The summed E-state index contributed by atoms with van der Waals surface area (Å²) >= 11 is 0. The van der Waals surface area contributed by atoms with Crippen molar-refractivity contribution in [2.24, 2.45) is 0 Å². The highest BCUT2D eigenvalue weighted by molar-refractivity contribution is 5.62. The van der Waals surface area contributed by atoms with Crippen LogP contribution in [-0.2, 0) is 0 Å². The van der Waals surface area contributed by atoms with Gasteiger partial charge in [-0.25, -0.2) is 4.98 Å². The van der Waals surface area contributed by atoms with Gasteiger partial charge in [0.25, 0.3) is 5.78 Å². The number of rotatable bonds is 1. The number of nitrogens with two attached hydrogens (primary N) is 1. The van der Waals surface area contributed by atoms with Crippen LogP contribution in [0.25, 0.3) is 16.9 Å². The zero-order valence-corrected chi connectivity index (χ0v) is 8.41. The predicted molar refractivity (Wildman–Crippen MR) is 60.6 cm³/mol. The fraction of sp³-hybridized carbons (Fsp3) is 0. The molecular formula is C11H9N5. The van der Waals surface area contributed by atoms with Crippen molar-refractivity contribution in [2.45, 2.75) is 0 Å². The molecule has 0 aliphatic heterocycles. The molecule has 0 saturated heterocycles. The standard InChI is InChI=1S/C11H9N5/c12-10-14-15-11-13-6-9(7-16(10)11)8-4-2-1-3-5-8/h1-7H,(H2,12,14). The van der Waals surface area contributed by atoms with Gasteiger partial charge in [-0.1, -0.05) is 30.3 Å². The summed E-state index contributed by atoms with van der Waals surface area (Å²) in [7, 11) is 0. The van der Waals surface area contributed by atoms with Crippen LogP contribution in [0.15, 0.2) is 42.7 Å². The Morgan fingerprint density at radius 1 is 1.00 bits per heavy atom. The molecule has 0 fully saturated rings. The first-order valence-corrected chi connectivity index (χ1v) is 4.86. The van der Waals surface area contributed by atoms with E-state index < -0.39 is 0 Å². The molecule has 2 heterocycles. The van der Waals surface area contributed by atoms with Crippen LogP contribution >= 0.6 is 0 Å². The van der Waals surface area contributed by atoms with Crippen molar-refractivity contribution in [1.82, 2.24) is 19.6 Å². The van der Waals surface area contributed by atoms with E-state index in [9.17, 15) is 0 Å². The molecule has 78 valence electrons. The lowest BCUT2D eigenvalue weighted by Crippen LogP contribution is -1.95. The lowest BCUT2D eigenvalue weighted by atomic mass is 10.1. The summed E-state index contributed by atoms with van der Waals surface area (Å²) in [5, 5.41) is 7.59. The Kier molecular flexibility index (Phi) is 1.83. The third-order valence-corrected chi connectivity index (χ3v) is 2.40. The summed E-state index contributed by atoms with van der Waals surface area (Å²) in [4.78, 5) is 4.19. The average molecular weight is 211 g/mol. The SMILES string of the molecule is Nc1nnc2ncc(-c3ccccc3)cn12. The summed E-state index contributed by atoms with van der Waals surface area (Å²) < 4.78 is 1.67. The van der Waals surface area contributed by atoms with Crippen molar-refractivity contribution in [1.29, 1.82) is 0 Å². The molecule has 0 amide bonds. The van der Waals surface area contributed by atoms with Gasteiger partial charge in [-0.2, -0.15) is 0 Å². The van der Waals surface area contributed by atoms with Gasteiger partial charge >= 0.3 is 0 Å². The molecule has 5 heteroatoms. The molecule has 0 radical (unpaired) electrons. The molecule has 3 rings (SSSR count). The van der Waals surface area contributed by atoms with E-state index in [0.717, 1.165) is 11.1 Å². The van der Waals surface area contributed by atoms with Crippen molar-refractivity contribution in [3.8, 4) is 11.1 Å². The van der Waals surface area contributed by atoms with E-state index in [4.69, 9.17) is 5.73 Å². The Labute approximate surface area is 91.6 Å². The minimum absolute atomic E-state index is 0.347. The van der Waals surface area contributed by atoms with Crippen LogP contribution in [0.4, 0.5) is 5.95 Å². The van der Waals surface area contributed by atoms with Gasteiger partial charge in [0.05, 0.1) is 0 Å². The second-order valence-electron chi connectivity index (χ2n) is 3.44. The average Bonchev–Trinajstić information content (AvgIpc) is 2.72. The molecule has 0 aliphatic carbocycles. The van der Waals surface area contributed by atoms with Crippen LogP contribution in [0.3, 0.4) is 0 Å². The minimum atomic E-state index is 0.347. The van der Waals surface area contributed by atoms with E-state index in [1.54, 1.807) is 10.6 Å². The molecule has 0 aliphatic rings. The van der Waals surface area contributed by atoms with Crippen LogP contribution in [0.2, 0.25) is 0 Å². The zero-order valence-electron chi connectivity index (χ0n) is 8.41. The second-order valence-corrected chi connectivity index (χ2v) is 3.44. The first-order chi connectivity index (χ1) is 7.84. The molecule has 5 nitrogen and oxygen atoms in total. The van der Waals surface area contributed by atoms with Gasteiger partial charge < -0.3 is 5.73 Å². The fourth-order valence-corrected chi connectivity index (χ4v) is 1.59. The Morgan fingerprint density at radius 3 is 2.62 bits per heavy atom. The number of nitrogen functional groups attached to an aromatic ring is 1. The number of aromatic nitrogens is 4. The van der Waals surface area contributed by atoms with Crippen LogP contribution in [0.5, 0.6) is 0 Å². The third-order valence-electron chi connectivity index (χ3n) is 2.40. The van der Waals surface area contributed by atoms with Crippen molar-refractivity contribution in [3.63, 3.8) is 0 Å². The molecule has 2 aromatic heterocycles. The maximum absolute atomic E-state index is 5.67. The normalized spacial score (nSPS) is 10.8. The molecule has 16 heavy (non-hydrogen) atoms. The summed E-state index contributed by atoms with van der Waals surface area (Å²) in [5.74, 6) is 0.859. The predicted octanol–water partition coefficient (Wildman–Crippen LogP) is 1.37. The van der Waals surface area contributed by atoms with Crippen LogP contribution < -0.4 is 5.73 Å². The van der Waals surface area contributed by atoms with Crippen molar-refractivity contribution < 1.29 is 0 Å². The van der Waals surface area contributed by atoms with Crippen LogP contribution in [-0.4, -0.2) is 19.6 Å². The number of benzene rings is 1. The van der Waals surface area contributed by atoms with E-state index in [-0.39, 0.29) is 0 Å². The molecule has 1 aromatic carbocycles. The number of hydrogen-bond donors (Lipinski definition) is 1. The van der Waals surface area contributed by atoms with Gasteiger partial charge in [-0.05, 0) is 5.56 Å². The monoisotopic (exact) mass is 211 g/mol. The van der Waals surface area contributed by atoms with Crippen LogP contribution in [0.1, 0.15) is 0 Å². The second kappa shape index (κ2) is 3.30. The first-order valence-electron chi connectivity index (χ1n) is 4.86. The highest BCUT2D eigenvalue weighted by Gasteiger charge is 2.04. The smallest absolute Gasteiger partial charge is 0.256 e. The summed E-state index contributed by atoms with van der Waals surface area (Å²) in [6.07, 6.45) is 3.64. The lowest BCUT2D eigenvalue weighted by molar-refractivity contribution is 1.10. The summed E-state index contributed by atoms with van der Waals surface area (Å²) in [6, 6.07) is 9.97. The molecule has 0 spiro atoms. The maximum atomic E-state index is 5.67. The molecule has 3 aromatic rings. The molecule has 0 saturated carbocycles. The molecule has 0 bridgehead atoms. The van der Waals surface area contributed by atoms with Crippen molar-refractivity contribution in [3.05, 3.63) is 42.7 Å². The minimum Gasteiger partial charge on any atom is -0.368 e. The summed E-state index contributed by atoms with van der Waals surface area (Å²) in [5.41, 5.74) is 7.75. The highest BCUT2D eigenvalue weighted by atomic mass is 15.3. The largest absolute Gasteiger partial charge is 0.368 e.